The number of hydrogen-bond donors (Lipinski definition) is 3. The summed E-state index contributed by atoms with van der Waals surface area (Å²) >= 11 is 12.8. The van der Waals surface area contributed by atoms with Crippen molar-refractivity contribution in [2.24, 2.45) is 0 Å². The first-order valence-electron chi connectivity index (χ1n) is 11.7. The molecule has 1 spiro atoms. The predicted octanol–water partition coefficient (Wildman–Crippen LogP) is 2.23. The van der Waals surface area contributed by atoms with E-state index in [0.717, 1.165) is 6.07 Å². The summed E-state index contributed by atoms with van der Waals surface area (Å²) in [5.41, 5.74) is -0.430. The van der Waals surface area contributed by atoms with Crippen molar-refractivity contribution in [1.82, 2.24) is 10.2 Å². The van der Waals surface area contributed by atoms with E-state index in [1.807, 2.05) is 19.0 Å². The van der Waals surface area contributed by atoms with Crippen molar-refractivity contribution in [3.8, 4) is 23.0 Å². The topological polar surface area (TPSA) is 174 Å². The second-order valence-electron chi connectivity index (χ2n) is 9.25. The number of phosphoric ester groups is 1. The number of quaternary nitrogens is 1. The van der Waals surface area contributed by atoms with Crippen LogP contribution in [0.1, 0.15) is 37.4 Å². The van der Waals surface area contributed by atoms with Crippen molar-refractivity contribution < 1.29 is 48.7 Å². The van der Waals surface area contributed by atoms with Crippen LogP contribution in [0.4, 0.5) is 0 Å². The van der Waals surface area contributed by atoms with E-state index in [-0.39, 0.29) is 49.9 Å². The van der Waals surface area contributed by atoms with E-state index in [0.29, 0.717) is 24.2 Å². The van der Waals surface area contributed by atoms with Gasteiger partial charge < -0.3 is 38.8 Å². The van der Waals surface area contributed by atoms with Gasteiger partial charge in [0.2, 0.25) is 5.75 Å². The summed E-state index contributed by atoms with van der Waals surface area (Å²) in [7, 11) is -1.47. The summed E-state index contributed by atoms with van der Waals surface area (Å²) in [6.45, 7) is 1.03. The molecule has 2 aliphatic rings. The molecule has 40 heavy (non-hydrogen) atoms. The number of rotatable bonds is 7. The molecule has 2 aliphatic heterocycles. The molecule has 2 heterocycles. The van der Waals surface area contributed by atoms with E-state index in [4.69, 9.17) is 37.5 Å². The van der Waals surface area contributed by atoms with Crippen LogP contribution in [0.15, 0.2) is 42.5 Å². The Labute approximate surface area is 237 Å². The van der Waals surface area contributed by atoms with Crippen LogP contribution < -0.4 is 30.2 Å². The fraction of sp³-hybridized carbons (Fsp3) is 0.200. The molecule has 1 amide bonds. The normalized spacial score (nSPS) is 18.2. The Balaban J connectivity index is 1.69. The highest BCUT2D eigenvalue weighted by Crippen LogP contribution is 2.59. The average Bonchev–Trinajstić information content (AvgIpc) is 3.16. The zero-order valence-corrected chi connectivity index (χ0v) is 23.4. The molecule has 0 aliphatic carbocycles. The lowest BCUT2D eigenvalue weighted by atomic mass is 9.77. The maximum Gasteiger partial charge on any atom is 0.340 e. The van der Waals surface area contributed by atoms with Gasteiger partial charge in [0.1, 0.15) is 17.2 Å². The molecule has 0 radical (unpaired) electrons. The third-order valence-corrected chi connectivity index (χ3v) is 7.41. The Morgan fingerprint density at radius 1 is 1.10 bits per heavy atom. The van der Waals surface area contributed by atoms with E-state index < -0.39 is 25.1 Å². The van der Waals surface area contributed by atoms with Crippen LogP contribution in [0.2, 0.25) is 10.0 Å². The number of likely N-dealkylation sites (N-methyl/N-ethyl adjacent to an activating group) is 1. The number of phosphoric acid groups is 1. The molecular formula is C25H22Cl2N3O9P. The molecule has 3 aromatic rings. The fourth-order valence-electron chi connectivity index (χ4n) is 4.66. The van der Waals surface area contributed by atoms with Gasteiger partial charge in [-0.3, -0.25) is 9.36 Å². The molecule has 0 saturated heterocycles. The monoisotopic (exact) mass is 609 g/mol. The highest BCUT2D eigenvalue weighted by Gasteiger charge is 2.54. The molecule has 0 saturated carbocycles. The molecular weight excluding hydrogens is 588 g/mol. The van der Waals surface area contributed by atoms with E-state index >= 15 is 0 Å². The van der Waals surface area contributed by atoms with E-state index in [1.165, 1.54) is 24.3 Å². The minimum Gasteiger partial charge on any atom is -0.746 e. The van der Waals surface area contributed by atoms with Crippen LogP contribution in [0, 0.1) is 0 Å². The third-order valence-electron chi connectivity index (χ3n) is 6.39. The van der Waals surface area contributed by atoms with Crippen LogP contribution >= 0.6 is 31.0 Å². The lowest BCUT2D eigenvalue weighted by Crippen LogP contribution is -2.53. The van der Waals surface area contributed by atoms with Gasteiger partial charge in [-0.15, -0.1) is 0 Å². The summed E-state index contributed by atoms with van der Waals surface area (Å²) in [6.07, 6.45) is 0. The Bertz CT molecular complexity index is 1610. The fourth-order valence-corrected chi connectivity index (χ4v) is 5.54. The minimum absolute atomic E-state index is 0.00356. The number of hydrogen-bond acceptors (Lipinski definition) is 9. The summed E-state index contributed by atoms with van der Waals surface area (Å²) in [5.74, 6) is 2.14. The summed E-state index contributed by atoms with van der Waals surface area (Å²) in [4.78, 5) is 53.7. The maximum absolute atomic E-state index is 13.3. The number of halogens is 2. The first-order chi connectivity index (χ1) is 18.8. The number of carbonyl (C=O) groups excluding carboxylic acids is 2. The summed E-state index contributed by atoms with van der Waals surface area (Å²) < 4.78 is 28.1. The highest BCUT2D eigenvalue weighted by atomic mass is 35.5. The first kappa shape index (κ1) is 28.2. The molecule has 0 fully saturated rings. The van der Waals surface area contributed by atoms with Gasteiger partial charge in [0.15, 0.2) is 5.60 Å². The minimum atomic E-state index is -5.22. The second kappa shape index (κ2) is 10.2. The number of carbonyl (C=O) groups is 2. The zero-order valence-electron chi connectivity index (χ0n) is 21.0. The number of nitrogens with zero attached hydrogens (tertiary/aromatic N) is 1. The first-order valence-corrected chi connectivity index (χ1v) is 13.9. The molecule has 2 atom stereocenters. The van der Waals surface area contributed by atoms with Crippen LogP contribution in [0.5, 0.6) is 23.0 Å². The van der Waals surface area contributed by atoms with Crippen LogP contribution in [0.3, 0.4) is 0 Å². The Hall–Kier alpha value is -3.35. The highest BCUT2D eigenvalue weighted by molar-refractivity contribution is 7.45. The number of fused-ring (bicyclic) bond motifs is 6. The van der Waals surface area contributed by atoms with Gasteiger partial charge in [0, 0.05) is 47.5 Å². The molecule has 12 nitrogen and oxygen atoms in total. The van der Waals surface area contributed by atoms with Crippen molar-refractivity contribution in [3.05, 3.63) is 80.3 Å². The van der Waals surface area contributed by atoms with Crippen LogP contribution in [-0.2, 0) is 14.9 Å². The van der Waals surface area contributed by atoms with E-state index in [2.05, 4.69) is 15.7 Å². The summed E-state index contributed by atoms with van der Waals surface area (Å²) in [5, 5.41) is 2.72. The molecule has 15 heteroatoms. The SMILES string of the molecule is CN(C)CCNC(=O)c1ccc2c(c1)C(=O)OC21c2cc(Cl)c(O[NH3+])cc2Oc2cc(OP(=O)([O-])O)c(Cl)cc21. The molecule has 210 valence electrons. The Morgan fingerprint density at radius 3 is 2.33 bits per heavy atom. The maximum atomic E-state index is 13.3. The van der Waals surface area contributed by atoms with Gasteiger partial charge in [-0.2, -0.15) is 5.90 Å². The Morgan fingerprint density at radius 2 is 1.73 bits per heavy atom. The van der Waals surface area contributed by atoms with Gasteiger partial charge >= 0.3 is 13.8 Å². The molecule has 0 bridgehead atoms. The van der Waals surface area contributed by atoms with Crippen LogP contribution in [-0.4, -0.2) is 48.9 Å². The number of nitrogens with one attached hydrogen (secondary N) is 1. The van der Waals surface area contributed by atoms with Crippen molar-refractivity contribution in [2.45, 2.75) is 5.60 Å². The number of benzene rings is 3. The molecule has 2 unspecified atom stereocenters. The molecule has 3 aromatic carbocycles. The second-order valence-corrected chi connectivity index (χ2v) is 11.2. The van der Waals surface area contributed by atoms with Crippen molar-refractivity contribution >= 4 is 42.9 Å². The smallest absolute Gasteiger partial charge is 0.340 e. The number of ether oxygens (including phenoxy) is 2. The van der Waals surface area contributed by atoms with Crippen LogP contribution in [0.25, 0.3) is 0 Å². The van der Waals surface area contributed by atoms with Crippen molar-refractivity contribution in [1.29, 1.82) is 0 Å². The average molecular weight is 610 g/mol. The van der Waals surface area contributed by atoms with Gasteiger partial charge in [-0.05, 0) is 38.4 Å². The zero-order chi connectivity index (χ0) is 29.0. The van der Waals surface area contributed by atoms with E-state index in [9.17, 15) is 23.9 Å². The Kier molecular flexibility index (Phi) is 7.22. The molecule has 5 rings (SSSR count). The molecule has 5 N–H and O–H groups in total. The summed E-state index contributed by atoms with van der Waals surface area (Å²) in [6, 6.07) is 9.92. The van der Waals surface area contributed by atoms with E-state index in [1.54, 1.807) is 12.1 Å². The lowest BCUT2D eigenvalue weighted by molar-refractivity contribution is -0.635. The largest absolute Gasteiger partial charge is 0.746 e. The predicted molar refractivity (Wildman–Crippen MR) is 140 cm³/mol. The lowest BCUT2D eigenvalue weighted by Gasteiger charge is -2.37. The number of esters is 1. The molecule has 0 aromatic heterocycles. The van der Waals surface area contributed by atoms with Gasteiger partial charge in [0.25, 0.3) is 5.91 Å². The van der Waals surface area contributed by atoms with Crippen molar-refractivity contribution in [2.75, 3.05) is 27.2 Å². The van der Waals surface area contributed by atoms with Gasteiger partial charge in [-0.25, -0.2) is 4.79 Å². The number of amides is 1. The van der Waals surface area contributed by atoms with Gasteiger partial charge in [0.05, 0.1) is 15.6 Å². The standard InChI is InChI=1S/C25H22Cl2N3O9P/c1-30(2)6-5-29-23(31)12-3-4-14-13(7-12)24(32)37-25(14)15-8-17(26)21(38-28)10-19(15)36-20-11-22(39-40(33,34)35)18(27)9-16(20)25/h3-4,7-11H,5-6H2,1-2,28H3,(H2-,29,31,33,34,35). The van der Waals surface area contributed by atoms with Crippen molar-refractivity contribution in [3.63, 3.8) is 0 Å². The third kappa shape index (κ3) is 4.88. The van der Waals surface area contributed by atoms with Gasteiger partial charge in [-0.1, -0.05) is 29.3 Å². The quantitative estimate of drug-likeness (QED) is 0.205.